The molecule has 0 aliphatic rings. The second-order valence-electron chi connectivity index (χ2n) is 3.02. The Morgan fingerprint density at radius 1 is 1.62 bits per heavy atom. The maximum atomic E-state index is 5.95. The first kappa shape index (κ1) is 10.1. The van der Waals surface area contributed by atoms with Crippen molar-refractivity contribution in [1.82, 2.24) is 0 Å². The lowest BCUT2D eigenvalue weighted by atomic mass is 10.0. The van der Waals surface area contributed by atoms with Gasteiger partial charge in [0.15, 0.2) is 0 Å². The highest BCUT2D eigenvalue weighted by molar-refractivity contribution is 6.31. The van der Waals surface area contributed by atoms with Gasteiger partial charge >= 0.3 is 0 Å². The zero-order valence-electron chi connectivity index (χ0n) is 7.55. The fraction of sp³-hybridized carbons (Fsp3) is 0.273. The molecule has 0 bridgehead atoms. The van der Waals surface area contributed by atoms with Gasteiger partial charge in [-0.1, -0.05) is 23.7 Å². The topological polar surface area (TPSA) is 26.0 Å². The van der Waals surface area contributed by atoms with E-state index in [-0.39, 0.29) is 6.04 Å². The Morgan fingerprint density at radius 3 is 2.85 bits per heavy atom. The van der Waals surface area contributed by atoms with E-state index < -0.39 is 0 Å². The maximum absolute atomic E-state index is 5.95. The van der Waals surface area contributed by atoms with Crippen LogP contribution in [0.4, 0.5) is 0 Å². The molecule has 0 aliphatic carbocycles. The molecule has 0 heterocycles. The number of terminal acetylenes is 1. The van der Waals surface area contributed by atoms with Crippen LogP contribution < -0.4 is 5.73 Å². The summed E-state index contributed by atoms with van der Waals surface area (Å²) in [6, 6.07) is 5.68. The number of aryl methyl sites for hydroxylation is 1. The predicted molar refractivity (Wildman–Crippen MR) is 56.6 cm³/mol. The van der Waals surface area contributed by atoms with E-state index in [1.807, 2.05) is 25.1 Å². The van der Waals surface area contributed by atoms with E-state index in [1.54, 1.807) is 0 Å². The fourth-order valence-electron chi connectivity index (χ4n) is 1.08. The molecule has 0 saturated carbocycles. The molecule has 0 aliphatic heterocycles. The molecule has 0 radical (unpaired) electrons. The molecule has 0 fully saturated rings. The van der Waals surface area contributed by atoms with Gasteiger partial charge in [0.25, 0.3) is 0 Å². The molecule has 2 N–H and O–H groups in total. The van der Waals surface area contributed by atoms with Crippen molar-refractivity contribution in [2.75, 3.05) is 0 Å². The van der Waals surface area contributed by atoms with Crippen molar-refractivity contribution < 1.29 is 0 Å². The number of halogens is 1. The molecule has 1 rings (SSSR count). The van der Waals surface area contributed by atoms with Gasteiger partial charge in [-0.15, -0.1) is 12.3 Å². The first-order valence-electron chi connectivity index (χ1n) is 4.10. The Balaban J connectivity index is 2.91. The Kier molecular flexibility index (Phi) is 3.36. The molecule has 1 atom stereocenters. The second-order valence-corrected chi connectivity index (χ2v) is 3.43. The summed E-state index contributed by atoms with van der Waals surface area (Å²) in [5.74, 6) is 2.53. The standard InChI is InChI=1S/C11H12ClN/c1-3-4-11(13)9-6-5-8(2)10(12)7-9/h1,5-7,11H,4,13H2,2H3. The van der Waals surface area contributed by atoms with Crippen LogP contribution in [0, 0.1) is 19.3 Å². The van der Waals surface area contributed by atoms with E-state index in [2.05, 4.69) is 5.92 Å². The van der Waals surface area contributed by atoms with E-state index in [0.717, 1.165) is 16.1 Å². The third-order valence-electron chi connectivity index (χ3n) is 1.96. The molecule has 68 valence electrons. The van der Waals surface area contributed by atoms with Crippen LogP contribution in [0.1, 0.15) is 23.6 Å². The third-order valence-corrected chi connectivity index (χ3v) is 2.37. The molecular formula is C11H12ClN. The first-order valence-corrected chi connectivity index (χ1v) is 4.48. The van der Waals surface area contributed by atoms with Crippen LogP contribution in [-0.4, -0.2) is 0 Å². The molecule has 13 heavy (non-hydrogen) atoms. The summed E-state index contributed by atoms with van der Waals surface area (Å²) < 4.78 is 0. The van der Waals surface area contributed by atoms with Crippen LogP contribution in [0.25, 0.3) is 0 Å². The minimum atomic E-state index is -0.108. The van der Waals surface area contributed by atoms with Crippen molar-refractivity contribution in [2.24, 2.45) is 5.73 Å². The van der Waals surface area contributed by atoms with Gasteiger partial charge < -0.3 is 5.73 Å². The minimum Gasteiger partial charge on any atom is -0.323 e. The monoisotopic (exact) mass is 193 g/mol. The number of hydrogen-bond donors (Lipinski definition) is 1. The van der Waals surface area contributed by atoms with Gasteiger partial charge in [0, 0.05) is 17.5 Å². The lowest BCUT2D eigenvalue weighted by Crippen LogP contribution is -2.09. The van der Waals surface area contributed by atoms with Gasteiger partial charge in [0.1, 0.15) is 0 Å². The fourth-order valence-corrected chi connectivity index (χ4v) is 1.27. The largest absolute Gasteiger partial charge is 0.323 e. The van der Waals surface area contributed by atoms with E-state index in [9.17, 15) is 0 Å². The number of rotatable bonds is 2. The Labute approximate surface area is 83.9 Å². The van der Waals surface area contributed by atoms with Crippen LogP contribution in [0.15, 0.2) is 18.2 Å². The summed E-state index contributed by atoms with van der Waals surface area (Å²) in [5, 5.41) is 0.741. The van der Waals surface area contributed by atoms with Gasteiger partial charge in [0.05, 0.1) is 0 Å². The molecule has 1 aromatic rings. The number of nitrogens with two attached hydrogens (primary N) is 1. The zero-order chi connectivity index (χ0) is 9.84. The number of benzene rings is 1. The van der Waals surface area contributed by atoms with E-state index in [0.29, 0.717) is 6.42 Å². The molecule has 2 heteroatoms. The summed E-state index contributed by atoms with van der Waals surface area (Å²) in [5.41, 5.74) is 7.87. The normalized spacial score (nSPS) is 12.2. The SMILES string of the molecule is C#CCC(N)c1ccc(C)c(Cl)c1. The van der Waals surface area contributed by atoms with Crippen molar-refractivity contribution in [1.29, 1.82) is 0 Å². The first-order chi connectivity index (χ1) is 6.15. The van der Waals surface area contributed by atoms with Crippen molar-refractivity contribution in [3.05, 3.63) is 34.3 Å². The Hall–Kier alpha value is -0.970. The van der Waals surface area contributed by atoms with E-state index in [1.165, 1.54) is 0 Å². The average molecular weight is 194 g/mol. The summed E-state index contributed by atoms with van der Waals surface area (Å²) in [4.78, 5) is 0. The van der Waals surface area contributed by atoms with Gasteiger partial charge in [-0.2, -0.15) is 0 Å². The minimum absolute atomic E-state index is 0.108. The number of hydrogen-bond acceptors (Lipinski definition) is 1. The van der Waals surface area contributed by atoms with Crippen LogP contribution in [0.5, 0.6) is 0 Å². The summed E-state index contributed by atoms with van der Waals surface area (Å²) in [7, 11) is 0. The lowest BCUT2D eigenvalue weighted by Gasteiger charge is -2.09. The van der Waals surface area contributed by atoms with Gasteiger partial charge in [-0.3, -0.25) is 0 Å². The quantitative estimate of drug-likeness (QED) is 0.719. The third kappa shape index (κ3) is 2.48. The summed E-state index contributed by atoms with van der Waals surface area (Å²) in [6.45, 7) is 1.96. The van der Waals surface area contributed by atoms with Gasteiger partial charge in [-0.25, -0.2) is 0 Å². The van der Waals surface area contributed by atoms with Gasteiger partial charge in [-0.05, 0) is 24.1 Å². The second kappa shape index (κ2) is 4.32. The highest BCUT2D eigenvalue weighted by Gasteiger charge is 2.05. The smallest absolute Gasteiger partial charge is 0.0438 e. The van der Waals surface area contributed by atoms with E-state index >= 15 is 0 Å². The molecule has 1 unspecified atom stereocenters. The van der Waals surface area contributed by atoms with Gasteiger partial charge in [0.2, 0.25) is 0 Å². The van der Waals surface area contributed by atoms with Crippen LogP contribution >= 0.6 is 11.6 Å². The Morgan fingerprint density at radius 2 is 2.31 bits per heavy atom. The van der Waals surface area contributed by atoms with E-state index in [4.69, 9.17) is 23.8 Å². The summed E-state index contributed by atoms with van der Waals surface area (Å²) in [6.07, 6.45) is 5.71. The molecule has 0 amide bonds. The van der Waals surface area contributed by atoms with Crippen molar-refractivity contribution in [2.45, 2.75) is 19.4 Å². The predicted octanol–water partition coefficient (Wildman–Crippen LogP) is 2.67. The van der Waals surface area contributed by atoms with Crippen LogP contribution in [0.3, 0.4) is 0 Å². The molecular weight excluding hydrogens is 182 g/mol. The highest BCUT2D eigenvalue weighted by atomic mass is 35.5. The molecule has 1 aromatic carbocycles. The molecule has 0 saturated heterocycles. The van der Waals surface area contributed by atoms with Crippen molar-refractivity contribution >= 4 is 11.6 Å². The van der Waals surface area contributed by atoms with Crippen molar-refractivity contribution in [3.63, 3.8) is 0 Å². The highest BCUT2D eigenvalue weighted by Crippen LogP contribution is 2.21. The molecule has 0 spiro atoms. The Bertz CT molecular complexity index is 338. The maximum Gasteiger partial charge on any atom is 0.0438 e. The average Bonchev–Trinajstić information content (AvgIpc) is 2.10. The zero-order valence-corrected chi connectivity index (χ0v) is 8.31. The van der Waals surface area contributed by atoms with Crippen LogP contribution in [0.2, 0.25) is 5.02 Å². The van der Waals surface area contributed by atoms with Crippen LogP contribution in [-0.2, 0) is 0 Å². The van der Waals surface area contributed by atoms with Crippen molar-refractivity contribution in [3.8, 4) is 12.3 Å². The molecule has 0 aromatic heterocycles. The summed E-state index contributed by atoms with van der Waals surface area (Å²) >= 11 is 5.95. The lowest BCUT2D eigenvalue weighted by molar-refractivity contribution is 0.754. The molecule has 1 nitrogen and oxygen atoms in total.